The van der Waals surface area contributed by atoms with Gasteiger partial charge < -0.3 is 31.1 Å². The van der Waals surface area contributed by atoms with Crippen molar-refractivity contribution < 1.29 is 31.1 Å². The van der Waals surface area contributed by atoms with Gasteiger partial charge in [-0.3, -0.25) is 0 Å². The normalized spacial score (nSPS) is 11.3. The second-order valence-electron chi connectivity index (χ2n) is 14.1. The molecule has 0 unspecified atom stereocenters. The first kappa shape index (κ1) is 49.2. The third kappa shape index (κ3) is 47.3. The minimum Gasteiger partial charge on any atom is -1.00 e. The van der Waals surface area contributed by atoms with Crippen molar-refractivity contribution >= 4 is 0 Å². The Morgan fingerprint density at radius 3 is 0.619 bits per heavy atom. The lowest BCUT2D eigenvalue weighted by atomic mass is 10.1. The SMILES string of the molecule is CCCCCCCC[N+](C)(C)CCCCCCCC.CCCCCCCC[N+](C)(C)CCCCCCCC.CC[O-].[Br-]. The first-order chi connectivity index (χ1) is 19.7. The molecule has 0 aromatic carbocycles. The van der Waals surface area contributed by atoms with Crippen molar-refractivity contribution in [2.45, 2.75) is 189 Å². The van der Waals surface area contributed by atoms with Crippen LogP contribution in [0.15, 0.2) is 0 Å². The van der Waals surface area contributed by atoms with Crippen molar-refractivity contribution in [2.75, 3.05) is 61.0 Å². The van der Waals surface area contributed by atoms with Crippen molar-refractivity contribution in [1.29, 1.82) is 0 Å². The molecule has 0 aliphatic carbocycles. The number of unbranched alkanes of at least 4 members (excludes halogenated alkanes) is 20. The van der Waals surface area contributed by atoms with Gasteiger partial charge in [0.15, 0.2) is 0 Å². The highest BCUT2D eigenvalue weighted by Crippen LogP contribution is 2.13. The Morgan fingerprint density at radius 1 is 0.310 bits per heavy atom. The van der Waals surface area contributed by atoms with Crippen LogP contribution in [0.5, 0.6) is 0 Å². The maximum absolute atomic E-state index is 8.93. The molecular weight excluding hydrogens is 580 g/mol. The molecule has 4 heteroatoms. The van der Waals surface area contributed by atoms with Gasteiger partial charge in [0, 0.05) is 0 Å². The number of quaternary nitrogens is 2. The van der Waals surface area contributed by atoms with Crippen LogP contribution in [0, 0.1) is 0 Å². The van der Waals surface area contributed by atoms with E-state index in [2.05, 4.69) is 55.9 Å². The van der Waals surface area contributed by atoms with Crippen molar-refractivity contribution in [3.8, 4) is 0 Å². The zero-order valence-electron chi connectivity index (χ0n) is 31.2. The van der Waals surface area contributed by atoms with Gasteiger partial charge >= 0.3 is 0 Å². The highest BCUT2D eigenvalue weighted by atomic mass is 79.9. The van der Waals surface area contributed by atoms with Crippen LogP contribution in [0.2, 0.25) is 0 Å². The van der Waals surface area contributed by atoms with Crippen molar-refractivity contribution in [3.63, 3.8) is 0 Å². The van der Waals surface area contributed by atoms with E-state index < -0.39 is 0 Å². The Morgan fingerprint density at radius 2 is 0.452 bits per heavy atom. The third-order valence-electron chi connectivity index (χ3n) is 8.47. The molecule has 3 nitrogen and oxygen atoms in total. The monoisotopic (exact) mass is 665 g/mol. The zero-order chi connectivity index (χ0) is 31.5. The maximum atomic E-state index is 8.93. The molecule has 0 N–H and O–H groups in total. The van der Waals surface area contributed by atoms with Crippen LogP contribution < -0.4 is 22.1 Å². The Balaban J connectivity index is -0.000000307. The van der Waals surface area contributed by atoms with Gasteiger partial charge in [-0.2, -0.15) is 0 Å². The second kappa shape index (κ2) is 39.4. The highest BCUT2D eigenvalue weighted by Gasteiger charge is 2.14. The van der Waals surface area contributed by atoms with E-state index in [0.29, 0.717) is 0 Å². The van der Waals surface area contributed by atoms with E-state index in [1.165, 1.54) is 189 Å². The van der Waals surface area contributed by atoms with Crippen LogP contribution in [-0.2, 0) is 0 Å². The molecule has 0 amide bonds. The summed E-state index contributed by atoms with van der Waals surface area (Å²) in [6.07, 6.45) is 34.2. The van der Waals surface area contributed by atoms with Gasteiger partial charge in [0.25, 0.3) is 0 Å². The fourth-order valence-corrected chi connectivity index (χ4v) is 5.50. The maximum Gasteiger partial charge on any atom is 0.0782 e. The summed E-state index contributed by atoms with van der Waals surface area (Å²) in [5.74, 6) is 0. The molecule has 0 bridgehead atoms. The summed E-state index contributed by atoms with van der Waals surface area (Å²) in [5, 5.41) is 8.93. The molecule has 0 saturated heterocycles. The molecular formula is C38H85BrN2O. The van der Waals surface area contributed by atoms with Gasteiger partial charge in [0.1, 0.15) is 0 Å². The lowest BCUT2D eigenvalue weighted by Gasteiger charge is -2.30. The van der Waals surface area contributed by atoms with Crippen LogP contribution in [0.25, 0.3) is 0 Å². The standard InChI is InChI=1S/2C18H40N.C2H5O.BrH/c2*1-5-7-9-11-13-15-17-19(3,4)18-16-14-12-10-8-6-2;1-2-3;/h2*5-18H2,1-4H3;2H2,1H3;1H/q2*+1;-1;/p-1. The Kier molecular flexibility index (Phi) is 46.2. The van der Waals surface area contributed by atoms with Gasteiger partial charge in [0.2, 0.25) is 0 Å². The van der Waals surface area contributed by atoms with Gasteiger partial charge in [-0.15, -0.1) is 6.61 Å². The predicted octanol–water partition coefficient (Wildman–Crippen LogP) is 7.94. The van der Waals surface area contributed by atoms with Crippen LogP contribution in [0.3, 0.4) is 0 Å². The number of rotatable bonds is 28. The topological polar surface area (TPSA) is 23.1 Å². The predicted molar refractivity (Wildman–Crippen MR) is 188 cm³/mol. The van der Waals surface area contributed by atoms with Gasteiger partial charge in [-0.25, -0.2) is 0 Å². The number of hydrogen-bond donors (Lipinski definition) is 0. The smallest absolute Gasteiger partial charge is 0.0782 e. The van der Waals surface area contributed by atoms with Gasteiger partial charge in [-0.05, 0) is 51.4 Å². The summed E-state index contributed by atoms with van der Waals surface area (Å²) >= 11 is 0. The molecule has 0 spiro atoms. The average molecular weight is 666 g/mol. The number of halogens is 1. The van der Waals surface area contributed by atoms with Crippen LogP contribution in [-0.4, -0.2) is 69.9 Å². The first-order valence-corrected chi connectivity index (χ1v) is 18.9. The molecule has 0 rings (SSSR count). The van der Waals surface area contributed by atoms with Crippen LogP contribution >= 0.6 is 0 Å². The Labute approximate surface area is 280 Å². The van der Waals surface area contributed by atoms with Crippen LogP contribution in [0.1, 0.15) is 189 Å². The van der Waals surface area contributed by atoms with Crippen LogP contribution in [0.4, 0.5) is 0 Å². The molecule has 0 fully saturated rings. The fourth-order valence-electron chi connectivity index (χ4n) is 5.50. The molecule has 42 heavy (non-hydrogen) atoms. The van der Waals surface area contributed by atoms with E-state index in [0.717, 1.165) is 0 Å². The molecule has 0 aromatic heterocycles. The molecule has 0 heterocycles. The molecule has 0 aliphatic heterocycles. The molecule has 260 valence electrons. The summed E-state index contributed by atoms with van der Waals surface area (Å²) in [5.41, 5.74) is 0. The molecule has 0 aliphatic rings. The Hall–Kier alpha value is 0.360. The highest BCUT2D eigenvalue weighted by molar-refractivity contribution is 4.48. The van der Waals surface area contributed by atoms with Crippen molar-refractivity contribution in [3.05, 3.63) is 0 Å². The first-order valence-electron chi connectivity index (χ1n) is 18.9. The number of nitrogens with zero attached hydrogens (tertiary/aromatic N) is 2. The fraction of sp³-hybridized carbons (Fsp3) is 1.00. The van der Waals surface area contributed by atoms with Gasteiger partial charge in [0.05, 0.1) is 54.4 Å². The van der Waals surface area contributed by atoms with Crippen molar-refractivity contribution in [1.82, 2.24) is 0 Å². The minimum atomic E-state index is 0. The van der Waals surface area contributed by atoms with E-state index in [1.54, 1.807) is 6.92 Å². The lowest BCUT2D eigenvalue weighted by Crippen LogP contribution is -3.00. The molecule has 0 aromatic rings. The van der Waals surface area contributed by atoms with E-state index >= 15 is 0 Å². The van der Waals surface area contributed by atoms with Gasteiger partial charge in [-0.1, -0.05) is 137 Å². The average Bonchev–Trinajstić information content (AvgIpc) is 2.93. The zero-order valence-corrected chi connectivity index (χ0v) is 32.8. The quantitative estimate of drug-likeness (QED) is 0.0615. The molecule has 0 radical (unpaired) electrons. The van der Waals surface area contributed by atoms with E-state index in [1.807, 2.05) is 0 Å². The Bertz CT molecular complexity index is 380. The van der Waals surface area contributed by atoms with E-state index in [9.17, 15) is 0 Å². The summed E-state index contributed by atoms with van der Waals surface area (Å²) in [4.78, 5) is 0. The molecule has 0 saturated carbocycles. The largest absolute Gasteiger partial charge is 1.00 e. The number of hydrogen-bond acceptors (Lipinski definition) is 1. The van der Waals surface area contributed by atoms with Crippen molar-refractivity contribution in [2.24, 2.45) is 0 Å². The summed E-state index contributed by atoms with van der Waals surface area (Å²) in [6.45, 7) is 16.2. The summed E-state index contributed by atoms with van der Waals surface area (Å²) in [7, 11) is 9.66. The third-order valence-corrected chi connectivity index (χ3v) is 8.47. The van der Waals surface area contributed by atoms with E-state index in [-0.39, 0.29) is 23.6 Å². The lowest BCUT2D eigenvalue weighted by molar-refractivity contribution is -0.890. The second-order valence-corrected chi connectivity index (χ2v) is 14.1. The minimum absolute atomic E-state index is 0. The van der Waals surface area contributed by atoms with E-state index in [4.69, 9.17) is 5.11 Å². The summed E-state index contributed by atoms with van der Waals surface area (Å²) in [6, 6.07) is 0. The molecule has 0 atom stereocenters. The summed E-state index contributed by atoms with van der Waals surface area (Å²) < 4.78 is 2.48.